The second-order valence-corrected chi connectivity index (χ2v) is 11.6. The van der Waals surface area contributed by atoms with Crippen molar-refractivity contribution in [2.75, 3.05) is 4.90 Å². The highest BCUT2D eigenvalue weighted by Crippen LogP contribution is 2.47. The van der Waals surface area contributed by atoms with Crippen LogP contribution in [0.25, 0.3) is 66.7 Å². The molecule has 0 aliphatic heterocycles. The minimum Gasteiger partial charge on any atom is -0.454 e. The zero-order valence-corrected chi connectivity index (χ0v) is 25.4. The van der Waals surface area contributed by atoms with Gasteiger partial charge in [-0.1, -0.05) is 115 Å². The van der Waals surface area contributed by atoms with Crippen LogP contribution in [-0.4, -0.2) is 4.98 Å². The first-order valence-electron chi connectivity index (χ1n) is 15.7. The Labute approximate surface area is 271 Å². The first-order valence-corrected chi connectivity index (χ1v) is 15.7. The predicted molar refractivity (Wildman–Crippen MR) is 192 cm³/mol. The molecule has 9 aromatic rings. The Morgan fingerprint density at radius 1 is 0.404 bits per heavy atom. The van der Waals surface area contributed by atoms with Gasteiger partial charge >= 0.3 is 0 Å². The Hall–Kier alpha value is -6.39. The van der Waals surface area contributed by atoms with Crippen LogP contribution in [0.2, 0.25) is 0 Å². The van der Waals surface area contributed by atoms with E-state index >= 15 is 0 Å². The minimum absolute atomic E-state index is 0.570. The number of hydrogen-bond donors (Lipinski definition) is 0. The zero-order chi connectivity index (χ0) is 31.2. The van der Waals surface area contributed by atoms with E-state index in [4.69, 9.17) is 13.8 Å². The zero-order valence-electron chi connectivity index (χ0n) is 25.4. The molecule has 7 aromatic carbocycles. The maximum Gasteiger partial charge on any atom is 0.227 e. The molecule has 0 aliphatic carbocycles. The summed E-state index contributed by atoms with van der Waals surface area (Å²) in [6, 6.07) is 58.5. The van der Waals surface area contributed by atoms with E-state index < -0.39 is 0 Å². The van der Waals surface area contributed by atoms with Gasteiger partial charge in [-0.25, -0.2) is 4.98 Å². The van der Waals surface area contributed by atoms with Crippen molar-refractivity contribution in [1.82, 2.24) is 4.98 Å². The van der Waals surface area contributed by atoms with Gasteiger partial charge in [0.1, 0.15) is 16.8 Å². The number of fused-ring (bicyclic) bond motifs is 4. The monoisotopic (exact) mass is 604 g/mol. The van der Waals surface area contributed by atoms with E-state index in [0.717, 1.165) is 61.2 Å². The summed E-state index contributed by atoms with van der Waals surface area (Å²) < 4.78 is 13.1. The molecule has 4 heteroatoms. The van der Waals surface area contributed by atoms with E-state index in [1.807, 2.05) is 60.7 Å². The van der Waals surface area contributed by atoms with E-state index in [-0.39, 0.29) is 0 Å². The summed E-state index contributed by atoms with van der Waals surface area (Å²) in [5, 5.41) is 2.01. The molecule has 0 amide bonds. The summed E-state index contributed by atoms with van der Waals surface area (Å²) in [5.74, 6) is 0.570. The standard InChI is InChI=1S/C43H28N2O2/c1-4-13-29(14-5-1)32-17-12-18-33(27-32)30-23-25-35(26-24-30)45(34-19-8-3-9-20-34)41-40-39(47-43(44-40)31-15-6-2-7-16-31)28-37-36-21-10-11-22-38(36)46-42(37)41/h1-28H. The number of furan rings is 1. The van der Waals surface area contributed by atoms with Gasteiger partial charge in [-0.3, -0.25) is 0 Å². The number of nitrogens with zero attached hydrogens (tertiary/aromatic N) is 2. The Morgan fingerprint density at radius 3 is 1.70 bits per heavy atom. The second-order valence-electron chi connectivity index (χ2n) is 11.6. The number of rotatable bonds is 6. The molecule has 0 spiro atoms. The lowest BCUT2D eigenvalue weighted by Gasteiger charge is -2.25. The van der Waals surface area contributed by atoms with Crippen LogP contribution in [0.15, 0.2) is 179 Å². The largest absolute Gasteiger partial charge is 0.454 e. The average Bonchev–Trinajstić information content (AvgIpc) is 3.75. The molecule has 2 heterocycles. The van der Waals surface area contributed by atoms with Gasteiger partial charge in [-0.2, -0.15) is 0 Å². The molecule has 0 unspecified atom stereocenters. The van der Waals surface area contributed by atoms with Crippen LogP contribution in [0.3, 0.4) is 0 Å². The molecule has 0 radical (unpaired) electrons. The first kappa shape index (κ1) is 27.0. The fourth-order valence-corrected chi connectivity index (χ4v) is 6.43. The third kappa shape index (κ3) is 4.75. The minimum atomic E-state index is 0.570. The summed E-state index contributed by atoms with van der Waals surface area (Å²) in [6.45, 7) is 0. The van der Waals surface area contributed by atoms with Gasteiger partial charge in [-0.05, 0) is 76.9 Å². The fourth-order valence-electron chi connectivity index (χ4n) is 6.43. The van der Waals surface area contributed by atoms with Crippen LogP contribution in [0.1, 0.15) is 0 Å². The second kappa shape index (κ2) is 11.2. The Balaban J connectivity index is 1.25. The Bertz CT molecular complexity index is 2500. The van der Waals surface area contributed by atoms with E-state index in [1.165, 1.54) is 11.1 Å². The van der Waals surface area contributed by atoms with E-state index in [9.17, 15) is 0 Å². The number of anilines is 3. The topological polar surface area (TPSA) is 42.4 Å². The van der Waals surface area contributed by atoms with Crippen LogP contribution in [-0.2, 0) is 0 Å². The summed E-state index contributed by atoms with van der Waals surface area (Å²) >= 11 is 0. The van der Waals surface area contributed by atoms with Crippen LogP contribution >= 0.6 is 0 Å². The molecule has 47 heavy (non-hydrogen) atoms. The van der Waals surface area contributed by atoms with Gasteiger partial charge in [0.2, 0.25) is 5.89 Å². The highest BCUT2D eigenvalue weighted by molar-refractivity contribution is 6.17. The number of para-hydroxylation sites is 2. The lowest BCUT2D eigenvalue weighted by molar-refractivity contribution is 0.620. The van der Waals surface area contributed by atoms with Crippen LogP contribution < -0.4 is 4.90 Å². The quantitative estimate of drug-likeness (QED) is 0.189. The van der Waals surface area contributed by atoms with Crippen molar-refractivity contribution >= 4 is 50.1 Å². The van der Waals surface area contributed by atoms with Crippen molar-refractivity contribution in [1.29, 1.82) is 0 Å². The third-order valence-corrected chi connectivity index (χ3v) is 8.69. The number of aromatic nitrogens is 1. The lowest BCUT2D eigenvalue weighted by Crippen LogP contribution is -2.11. The summed E-state index contributed by atoms with van der Waals surface area (Å²) in [6.07, 6.45) is 0. The molecule has 0 bridgehead atoms. The molecule has 0 saturated carbocycles. The average molecular weight is 605 g/mol. The highest BCUT2D eigenvalue weighted by Gasteiger charge is 2.26. The molecule has 0 fully saturated rings. The van der Waals surface area contributed by atoms with E-state index in [2.05, 4.69) is 114 Å². The van der Waals surface area contributed by atoms with E-state index in [0.29, 0.717) is 11.5 Å². The molecule has 2 aromatic heterocycles. The number of hydrogen-bond acceptors (Lipinski definition) is 4. The van der Waals surface area contributed by atoms with Crippen LogP contribution in [0, 0.1) is 0 Å². The maximum absolute atomic E-state index is 6.66. The summed E-state index contributed by atoms with van der Waals surface area (Å²) in [7, 11) is 0. The Kier molecular flexibility index (Phi) is 6.43. The Morgan fingerprint density at radius 2 is 0.979 bits per heavy atom. The molecular weight excluding hydrogens is 576 g/mol. The van der Waals surface area contributed by atoms with Crippen molar-refractivity contribution in [3.8, 4) is 33.7 Å². The maximum atomic E-state index is 6.66. The SMILES string of the molecule is c1ccc(-c2cccc(-c3ccc(N(c4ccccc4)c4c5nc(-c6ccccc6)oc5cc5c4oc4ccccc45)cc3)c2)cc1. The predicted octanol–water partition coefficient (Wildman–Crippen LogP) is 12.2. The molecule has 0 N–H and O–H groups in total. The van der Waals surface area contributed by atoms with Gasteiger partial charge in [0.15, 0.2) is 11.2 Å². The fraction of sp³-hybridized carbons (Fsp3) is 0. The number of benzene rings is 7. The van der Waals surface area contributed by atoms with Crippen molar-refractivity contribution < 1.29 is 8.83 Å². The third-order valence-electron chi connectivity index (χ3n) is 8.69. The van der Waals surface area contributed by atoms with Crippen molar-refractivity contribution in [3.63, 3.8) is 0 Å². The first-order chi connectivity index (χ1) is 23.3. The van der Waals surface area contributed by atoms with E-state index in [1.54, 1.807) is 0 Å². The van der Waals surface area contributed by atoms with Crippen LogP contribution in [0.5, 0.6) is 0 Å². The molecule has 0 aliphatic rings. The lowest BCUT2D eigenvalue weighted by atomic mass is 9.99. The van der Waals surface area contributed by atoms with Crippen molar-refractivity contribution in [2.45, 2.75) is 0 Å². The van der Waals surface area contributed by atoms with Crippen LogP contribution in [0.4, 0.5) is 17.1 Å². The van der Waals surface area contributed by atoms with Crippen molar-refractivity contribution in [3.05, 3.63) is 170 Å². The van der Waals surface area contributed by atoms with Crippen molar-refractivity contribution in [2.24, 2.45) is 0 Å². The molecule has 222 valence electrons. The molecular formula is C43H28N2O2. The van der Waals surface area contributed by atoms with Gasteiger partial charge in [0.25, 0.3) is 0 Å². The van der Waals surface area contributed by atoms with Gasteiger partial charge < -0.3 is 13.7 Å². The highest BCUT2D eigenvalue weighted by atomic mass is 16.4. The van der Waals surface area contributed by atoms with Gasteiger partial charge in [-0.15, -0.1) is 0 Å². The molecule has 0 saturated heterocycles. The molecule has 4 nitrogen and oxygen atoms in total. The van der Waals surface area contributed by atoms with Gasteiger partial charge in [0.05, 0.1) is 0 Å². The molecule has 0 atom stereocenters. The molecule has 9 rings (SSSR count). The smallest absolute Gasteiger partial charge is 0.227 e. The summed E-state index contributed by atoms with van der Waals surface area (Å²) in [4.78, 5) is 7.34. The summed E-state index contributed by atoms with van der Waals surface area (Å²) in [5.41, 5.74) is 11.4. The normalized spacial score (nSPS) is 11.4. The number of oxazole rings is 1. The van der Waals surface area contributed by atoms with Gasteiger partial charge in [0, 0.05) is 27.7 Å².